The molecular formula is C13H9F3O4. The van der Waals surface area contributed by atoms with E-state index in [9.17, 15) is 22.8 Å². The van der Waals surface area contributed by atoms with Gasteiger partial charge in [-0.25, -0.2) is 9.59 Å². The molecule has 1 rings (SSSR count). The van der Waals surface area contributed by atoms with Crippen LogP contribution < -0.4 is 0 Å². The third kappa shape index (κ3) is 4.27. The number of alkyl halides is 3. The fraction of sp³-hybridized carbons (Fsp3) is 0.0769. The Bertz CT molecular complexity index is 568. The maximum absolute atomic E-state index is 12.4. The molecule has 0 atom stereocenters. The maximum atomic E-state index is 12.4. The van der Waals surface area contributed by atoms with Crippen LogP contribution in [0.3, 0.4) is 0 Å². The minimum Gasteiger partial charge on any atom is -0.478 e. The predicted octanol–water partition coefficient (Wildman–Crippen LogP) is 2.81. The fourth-order valence-electron chi connectivity index (χ4n) is 1.36. The van der Waals surface area contributed by atoms with Gasteiger partial charge in [0.15, 0.2) is 0 Å². The number of carboxylic acid groups (broad SMARTS) is 2. The van der Waals surface area contributed by atoms with Gasteiger partial charge >= 0.3 is 18.1 Å². The Morgan fingerprint density at radius 2 is 1.60 bits per heavy atom. The molecule has 106 valence electrons. The third-order valence-electron chi connectivity index (χ3n) is 2.26. The highest BCUT2D eigenvalue weighted by molar-refractivity contribution is 6.15. The van der Waals surface area contributed by atoms with Crippen LogP contribution in [0.15, 0.2) is 42.5 Å². The molecule has 0 spiro atoms. The highest BCUT2D eigenvalue weighted by Gasteiger charge is 2.30. The molecule has 0 saturated carbocycles. The Morgan fingerprint density at radius 3 is 2.00 bits per heavy atom. The van der Waals surface area contributed by atoms with E-state index in [0.717, 1.165) is 36.4 Å². The van der Waals surface area contributed by atoms with Crippen LogP contribution in [0, 0.1) is 0 Å². The molecule has 1 aromatic rings. The van der Waals surface area contributed by atoms with Crippen molar-refractivity contribution in [2.75, 3.05) is 0 Å². The van der Waals surface area contributed by atoms with Crippen molar-refractivity contribution in [2.24, 2.45) is 0 Å². The first-order chi connectivity index (χ1) is 9.21. The molecule has 0 saturated heterocycles. The fourth-order valence-corrected chi connectivity index (χ4v) is 1.36. The number of allylic oxidation sites excluding steroid dienone is 2. The summed E-state index contributed by atoms with van der Waals surface area (Å²) < 4.78 is 37.1. The Morgan fingerprint density at radius 1 is 1.05 bits per heavy atom. The van der Waals surface area contributed by atoms with Gasteiger partial charge in [-0.1, -0.05) is 18.2 Å². The lowest BCUT2D eigenvalue weighted by Crippen LogP contribution is -2.05. The maximum Gasteiger partial charge on any atom is 0.416 e. The van der Waals surface area contributed by atoms with Gasteiger partial charge in [0.05, 0.1) is 11.1 Å². The molecule has 0 radical (unpaired) electrons. The number of carbonyl (C=O) groups is 2. The Balaban J connectivity index is 3.11. The van der Waals surface area contributed by atoms with E-state index in [1.807, 2.05) is 0 Å². The van der Waals surface area contributed by atoms with Crippen LogP contribution in [0.5, 0.6) is 0 Å². The summed E-state index contributed by atoms with van der Waals surface area (Å²) in [6.45, 7) is 0. The molecule has 0 aliphatic heterocycles. The van der Waals surface area contributed by atoms with Gasteiger partial charge in [0.1, 0.15) is 0 Å². The summed E-state index contributed by atoms with van der Waals surface area (Å²) >= 11 is 0. The molecule has 0 unspecified atom stereocenters. The first-order valence-corrected chi connectivity index (χ1v) is 5.24. The summed E-state index contributed by atoms with van der Waals surface area (Å²) in [5.41, 5.74) is -1.16. The summed E-state index contributed by atoms with van der Waals surface area (Å²) in [4.78, 5) is 21.2. The van der Waals surface area contributed by atoms with Gasteiger partial charge in [-0.15, -0.1) is 0 Å². The van der Waals surface area contributed by atoms with Crippen LogP contribution in [0.1, 0.15) is 11.1 Å². The zero-order valence-corrected chi connectivity index (χ0v) is 9.89. The van der Waals surface area contributed by atoms with Gasteiger partial charge in [-0.3, -0.25) is 0 Å². The number of aliphatic carboxylic acids is 2. The number of hydrogen-bond donors (Lipinski definition) is 2. The van der Waals surface area contributed by atoms with Crippen LogP contribution in [0.4, 0.5) is 13.2 Å². The van der Waals surface area contributed by atoms with E-state index in [4.69, 9.17) is 10.2 Å². The molecule has 7 heteroatoms. The average Bonchev–Trinajstić information content (AvgIpc) is 2.33. The van der Waals surface area contributed by atoms with E-state index < -0.39 is 23.7 Å². The number of hydrogen-bond acceptors (Lipinski definition) is 2. The van der Waals surface area contributed by atoms with Crippen LogP contribution in [0.25, 0.3) is 5.57 Å². The largest absolute Gasteiger partial charge is 0.478 e. The van der Waals surface area contributed by atoms with Crippen molar-refractivity contribution >= 4 is 17.5 Å². The van der Waals surface area contributed by atoms with E-state index in [2.05, 4.69) is 0 Å². The summed E-state index contributed by atoms with van der Waals surface area (Å²) in [7, 11) is 0. The minimum absolute atomic E-state index is 0.0422. The first-order valence-electron chi connectivity index (χ1n) is 5.24. The third-order valence-corrected chi connectivity index (χ3v) is 2.26. The van der Waals surface area contributed by atoms with Gasteiger partial charge in [0.25, 0.3) is 0 Å². The number of rotatable bonds is 4. The second-order valence-corrected chi connectivity index (χ2v) is 3.66. The zero-order valence-electron chi connectivity index (χ0n) is 9.89. The van der Waals surface area contributed by atoms with E-state index in [-0.39, 0.29) is 11.1 Å². The first kappa shape index (κ1) is 15.5. The van der Waals surface area contributed by atoms with Gasteiger partial charge in [-0.05, 0) is 23.8 Å². The summed E-state index contributed by atoms with van der Waals surface area (Å²) in [6, 6.07) is 3.54. The molecule has 1 aromatic carbocycles. The Labute approximate surface area is 111 Å². The molecule has 0 aromatic heterocycles. The molecule has 2 N–H and O–H groups in total. The minimum atomic E-state index is -4.51. The van der Waals surface area contributed by atoms with Crippen molar-refractivity contribution < 1.29 is 33.0 Å². The quantitative estimate of drug-likeness (QED) is 0.659. The monoisotopic (exact) mass is 286 g/mol. The Kier molecular flexibility index (Phi) is 4.68. The lowest BCUT2D eigenvalue weighted by Gasteiger charge is -2.07. The van der Waals surface area contributed by atoms with Gasteiger partial charge in [-0.2, -0.15) is 13.2 Å². The van der Waals surface area contributed by atoms with Crippen LogP contribution >= 0.6 is 0 Å². The van der Waals surface area contributed by atoms with Crippen molar-refractivity contribution in [1.29, 1.82) is 0 Å². The van der Waals surface area contributed by atoms with Crippen molar-refractivity contribution in [2.45, 2.75) is 6.18 Å². The molecule has 0 heterocycles. The van der Waals surface area contributed by atoms with Gasteiger partial charge < -0.3 is 10.2 Å². The van der Waals surface area contributed by atoms with Gasteiger partial charge in [0.2, 0.25) is 0 Å². The lowest BCUT2D eigenvalue weighted by atomic mass is 10.0. The molecular weight excluding hydrogens is 277 g/mol. The van der Waals surface area contributed by atoms with E-state index in [1.54, 1.807) is 0 Å². The average molecular weight is 286 g/mol. The summed E-state index contributed by atoms with van der Waals surface area (Å²) in [5.74, 6) is -2.64. The normalized spacial score (nSPS) is 12.7. The van der Waals surface area contributed by atoms with Gasteiger partial charge in [0, 0.05) is 6.08 Å². The highest BCUT2D eigenvalue weighted by atomic mass is 19.4. The molecule has 0 bridgehead atoms. The topological polar surface area (TPSA) is 74.6 Å². The lowest BCUT2D eigenvalue weighted by molar-refractivity contribution is -0.137. The number of benzene rings is 1. The van der Waals surface area contributed by atoms with Crippen LogP contribution in [0.2, 0.25) is 0 Å². The highest BCUT2D eigenvalue weighted by Crippen LogP contribution is 2.30. The number of halogens is 3. The number of carboxylic acids is 2. The van der Waals surface area contributed by atoms with Crippen LogP contribution in [-0.2, 0) is 15.8 Å². The smallest absolute Gasteiger partial charge is 0.416 e. The van der Waals surface area contributed by atoms with Crippen LogP contribution in [-0.4, -0.2) is 22.2 Å². The summed E-state index contributed by atoms with van der Waals surface area (Å²) in [6.07, 6.45) is -1.80. The molecule has 0 amide bonds. The SMILES string of the molecule is O=C(O)C=CC=C(C(=O)O)c1ccc(C(F)(F)F)cc1. The predicted molar refractivity (Wildman–Crippen MR) is 63.8 cm³/mol. The van der Waals surface area contributed by atoms with Crippen molar-refractivity contribution in [1.82, 2.24) is 0 Å². The molecule has 4 nitrogen and oxygen atoms in total. The molecule has 0 aliphatic rings. The van der Waals surface area contributed by atoms with E-state index in [0.29, 0.717) is 6.08 Å². The molecule has 20 heavy (non-hydrogen) atoms. The van der Waals surface area contributed by atoms with Crippen molar-refractivity contribution in [3.63, 3.8) is 0 Å². The second-order valence-electron chi connectivity index (χ2n) is 3.66. The molecule has 0 fully saturated rings. The summed E-state index contributed by atoms with van der Waals surface area (Å²) in [5, 5.41) is 17.3. The Hall–Kier alpha value is -2.57. The molecule has 0 aliphatic carbocycles. The standard InChI is InChI=1S/C13H9F3O4/c14-13(15,16)9-6-4-8(5-7-9)10(12(19)20)2-1-3-11(17)18/h1-7H,(H,17,18)(H,19,20). The zero-order chi connectivity index (χ0) is 15.3. The van der Waals surface area contributed by atoms with Crippen molar-refractivity contribution in [3.8, 4) is 0 Å². The second kappa shape index (κ2) is 6.05. The van der Waals surface area contributed by atoms with E-state index in [1.165, 1.54) is 0 Å². The van der Waals surface area contributed by atoms with E-state index >= 15 is 0 Å². The van der Waals surface area contributed by atoms with Crippen molar-refractivity contribution in [3.05, 3.63) is 53.6 Å².